The van der Waals surface area contributed by atoms with E-state index in [9.17, 15) is 0 Å². The first-order valence-corrected chi connectivity index (χ1v) is 5.09. The second-order valence-corrected chi connectivity index (χ2v) is 4.38. The second kappa shape index (κ2) is 4.24. The molecule has 0 aromatic carbocycles. The molecule has 0 amide bonds. The van der Waals surface area contributed by atoms with Gasteiger partial charge in [0.2, 0.25) is 0 Å². The fraction of sp³-hybridized carbons (Fsp3) is 1.00. The number of hydrogen-bond donors (Lipinski definition) is 1. The fourth-order valence-electron chi connectivity index (χ4n) is 1.75. The summed E-state index contributed by atoms with van der Waals surface area (Å²) in [5, 5.41) is 0. The summed E-state index contributed by atoms with van der Waals surface area (Å²) >= 11 is 0. The average Bonchev–Trinajstić information content (AvgIpc) is 1.82. The quantitative estimate of drug-likeness (QED) is 0.689. The summed E-state index contributed by atoms with van der Waals surface area (Å²) in [7, 11) is 0. The minimum Gasteiger partial charge on any atom is -0.330 e. The van der Waals surface area contributed by atoms with E-state index < -0.39 is 0 Å². The first-order valence-electron chi connectivity index (χ1n) is 5.09. The summed E-state index contributed by atoms with van der Waals surface area (Å²) in [6, 6.07) is 0.699. The summed E-state index contributed by atoms with van der Waals surface area (Å²) in [5.74, 6) is 1.79. The lowest BCUT2D eigenvalue weighted by atomic mass is 9.87. The van der Waals surface area contributed by atoms with Crippen LogP contribution in [0.3, 0.4) is 0 Å². The topological polar surface area (TPSA) is 29.3 Å². The van der Waals surface area contributed by atoms with Crippen LogP contribution in [-0.4, -0.2) is 30.6 Å². The van der Waals surface area contributed by atoms with Crippen molar-refractivity contribution in [3.63, 3.8) is 0 Å². The molecule has 1 unspecified atom stereocenters. The van der Waals surface area contributed by atoms with Crippen molar-refractivity contribution in [2.45, 2.75) is 33.2 Å². The molecule has 0 saturated carbocycles. The molecule has 0 spiro atoms. The predicted molar refractivity (Wildman–Crippen MR) is 53.0 cm³/mol. The highest BCUT2D eigenvalue weighted by atomic mass is 15.2. The molecule has 1 heterocycles. The van der Waals surface area contributed by atoms with Crippen LogP contribution in [0.25, 0.3) is 0 Å². The van der Waals surface area contributed by atoms with Crippen molar-refractivity contribution < 1.29 is 0 Å². The second-order valence-electron chi connectivity index (χ2n) is 4.38. The standard InChI is InChI=1S/C10H22N2/c1-8(2)10-6-12(7-10)9(3)4-5-11/h8-10H,4-7,11H2,1-3H3. The van der Waals surface area contributed by atoms with E-state index in [1.807, 2.05) is 0 Å². The molecule has 1 saturated heterocycles. The lowest BCUT2D eigenvalue weighted by molar-refractivity contribution is 0.0321. The fourth-order valence-corrected chi connectivity index (χ4v) is 1.75. The van der Waals surface area contributed by atoms with E-state index in [1.54, 1.807) is 0 Å². The molecule has 72 valence electrons. The SMILES string of the molecule is CC(C)C1CN(C(C)CCN)C1. The Bertz CT molecular complexity index is 128. The maximum Gasteiger partial charge on any atom is 0.00791 e. The molecule has 1 fully saturated rings. The molecule has 0 bridgehead atoms. The zero-order valence-corrected chi connectivity index (χ0v) is 8.59. The van der Waals surface area contributed by atoms with E-state index in [0.717, 1.165) is 24.8 Å². The van der Waals surface area contributed by atoms with Gasteiger partial charge in [-0.15, -0.1) is 0 Å². The van der Waals surface area contributed by atoms with Crippen LogP contribution in [0.15, 0.2) is 0 Å². The summed E-state index contributed by atoms with van der Waals surface area (Å²) in [4.78, 5) is 2.54. The molecule has 1 aliphatic heterocycles. The average molecular weight is 170 g/mol. The highest BCUT2D eigenvalue weighted by Crippen LogP contribution is 2.25. The van der Waals surface area contributed by atoms with Crippen molar-refractivity contribution >= 4 is 0 Å². The van der Waals surface area contributed by atoms with Crippen LogP contribution < -0.4 is 5.73 Å². The number of hydrogen-bond acceptors (Lipinski definition) is 2. The van der Waals surface area contributed by atoms with Crippen LogP contribution in [0, 0.1) is 11.8 Å². The van der Waals surface area contributed by atoms with E-state index in [0.29, 0.717) is 6.04 Å². The van der Waals surface area contributed by atoms with Crippen LogP contribution in [-0.2, 0) is 0 Å². The molecule has 0 aromatic rings. The van der Waals surface area contributed by atoms with E-state index in [1.165, 1.54) is 13.1 Å². The molecule has 0 radical (unpaired) electrons. The Morgan fingerprint density at radius 1 is 1.33 bits per heavy atom. The van der Waals surface area contributed by atoms with Crippen molar-refractivity contribution in [2.24, 2.45) is 17.6 Å². The van der Waals surface area contributed by atoms with Gasteiger partial charge in [-0.1, -0.05) is 13.8 Å². The maximum absolute atomic E-state index is 5.51. The van der Waals surface area contributed by atoms with Crippen LogP contribution in [0.5, 0.6) is 0 Å². The Balaban J connectivity index is 2.16. The van der Waals surface area contributed by atoms with Gasteiger partial charge in [0.15, 0.2) is 0 Å². The highest BCUT2D eigenvalue weighted by molar-refractivity contribution is 4.85. The van der Waals surface area contributed by atoms with E-state index in [2.05, 4.69) is 25.7 Å². The van der Waals surface area contributed by atoms with Gasteiger partial charge in [-0.25, -0.2) is 0 Å². The number of nitrogens with zero attached hydrogens (tertiary/aromatic N) is 1. The van der Waals surface area contributed by atoms with Crippen molar-refractivity contribution in [1.82, 2.24) is 4.90 Å². The van der Waals surface area contributed by atoms with Crippen molar-refractivity contribution in [2.75, 3.05) is 19.6 Å². The predicted octanol–water partition coefficient (Wildman–Crippen LogP) is 1.31. The van der Waals surface area contributed by atoms with Crippen LogP contribution in [0.1, 0.15) is 27.2 Å². The largest absolute Gasteiger partial charge is 0.330 e. The Labute approximate surface area is 76.1 Å². The van der Waals surface area contributed by atoms with Gasteiger partial charge in [-0.2, -0.15) is 0 Å². The number of nitrogens with two attached hydrogens (primary N) is 1. The van der Waals surface area contributed by atoms with E-state index in [4.69, 9.17) is 5.73 Å². The van der Waals surface area contributed by atoms with Crippen LogP contribution >= 0.6 is 0 Å². The summed E-state index contributed by atoms with van der Waals surface area (Å²) in [6.45, 7) is 10.3. The zero-order valence-electron chi connectivity index (χ0n) is 8.59. The Kier molecular flexibility index (Phi) is 3.53. The minimum absolute atomic E-state index is 0.699. The van der Waals surface area contributed by atoms with Gasteiger partial charge in [0.25, 0.3) is 0 Å². The molecular weight excluding hydrogens is 148 g/mol. The van der Waals surface area contributed by atoms with Crippen molar-refractivity contribution in [3.8, 4) is 0 Å². The van der Waals surface area contributed by atoms with Crippen molar-refractivity contribution in [3.05, 3.63) is 0 Å². The number of rotatable bonds is 4. The smallest absolute Gasteiger partial charge is 0.00791 e. The molecular formula is C10H22N2. The molecule has 2 nitrogen and oxygen atoms in total. The van der Waals surface area contributed by atoms with Gasteiger partial charge < -0.3 is 5.73 Å². The third kappa shape index (κ3) is 2.20. The van der Waals surface area contributed by atoms with Gasteiger partial charge in [0.05, 0.1) is 0 Å². The Morgan fingerprint density at radius 2 is 1.92 bits per heavy atom. The molecule has 1 aliphatic rings. The van der Waals surface area contributed by atoms with Gasteiger partial charge in [0, 0.05) is 19.1 Å². The van der Waals surface area contributed by atoms with Gasteiger partial charge in [-0.05, 0) is 31.7 Å². The van der Waals surface area contributed by atoms with E-state index >= 15 is 0 Å². The minimum atomic E-state index is 0.699. The lowest BCUT2D eigenvalue weighted by Crippen LogP contribution is -2.53. The molecule has 12 heavy (non-hydrogen) atoms. The third-order valence-corrected chi connectivity index (χ3v) is 3.09. The highest BCUT2D eigenvalue weighted by Gasteiger charge is 2.31. The van der Waals surface area contributed by atoms with Crippen molar-refractivity contribution in [1.29, 1.82) is 0 Å². The summed E-state index contributed by atoms with van der Waals surface area (Å²) in [5.41, 5.74) is 5.51. The summed E-state index contributed by atoms with van der Waals surface area (Å²) in [6.07, 6.45) is 1.14. The molecule has 1 atom stereocenters. The van der Waals surface area contributed by atoms with Gasteiger partial charge in [0.1, 0.15) is 0 Å². The van der Waals surface area contributed by atoms with Gasteiger partial charge >= 0.3 is 0 Å². The van der Waals surface area contributed by atoms with Crippen LogP contribution in [0.4, 0.5) is 0 Å². The normalized spacial score (nSPS) is 22.8. The molecule has 0 aliphatic carbocycles. The molecule has 1 rings (SSSR count). The van der Waals surface area contributed by atoms with Crippen LogP contribution in [0.2, 0.25) is 0 Å². The third-order valence-electron chi connectivity index (χ3n) is 3.09. The molecule has 2 N–H and O–H groups in total. The van der Waals surface area contributed by atoms with Gasteiger partial charge in [-0.3, -0.25) is 4.90 Å². The first-order chi connectivity index (χ1) is 5.65. The Morgan fingerprint density at radius 3 is 2.33 bits per heavy atom. The lowest BCUT2D eigenvalue weighted by Gasteiger charge is -2.45. The molecule has 2 heteroatoms. The number of likely N-dealkylation sites (tertiary alicyclic amines) is 1. The molecule has 0 aromatic heterocycles. The summed E-state index contributed by atoms with van der Waals surface area (Å²) < 4.78 is 0. The zero-order chi connectivity index (χ0) is 9.14. The maximum atomic E-state index is 5.51. The first kappa shape index (κ1) is 10.0. The van der Waals surface area contributed by atoms with E-state index in [-0.39, 0.29) is 0 Å². The Hall–Kier alpha value is -0.0800. The monoisotopic (exact) mass is 170 g/mol.